The van der Waals surface area contributed by atoms with Crippen LogP contribution in [-0.2, 0) is 16.6 Å². The van der Waals surface area contributed by atoms with Crippen LogP contribution in [0.3, 0.4) is 0 Å². The summed E-state index contributed by atoms with van der Waals surface area (Å²) in [6.45, 7) is 6.54. The predicted molar refractivity (Wildman–Crippen MR) is 85.8 cm³/mol. The summed E-state index contributed by atoms with van der Waals surface area (Å²) in [6, 6.07) is 7.74. The zero-order valence-corrected chi connectivity index (χ0v) is 14.1. The lowest BCUT2D eigenvalue weighted by Crippen LogP contribution is -2.44. The molecule has 1 atom stereocenters. The van der Waals surface area contributed by atoms with Gasteiger partial charge in [-0.15, -0.1) is 0 Å². The summed E-state index contributed by atoms with van der Waals surface area (Å²) in [4.78, 5) is 0. The lowest BCUT2D eigenvalue weighted by molar-refractivity contribution is 0.414. The van der Waals surface area contributed by atoms with E-state index in [2.05, 4.69) is 4.72 Å². The Morgan fingerprint density at radius 2 is 1.76 bits per heavy atom. The van der Waals surface area contributed by atoms with Gasteiger partial charge in [0.25, 0.3) is 10.2 Å². The molecule has 0 aliphatic rings. The Balaban J connectivity index is 2.51. The SMILES string of the molecule is CCN(CC)S(=O)(=O)N[C@@H](C)CCc1ccc(OC)cc1. The van der Waals surface area contributed by atoms with E-state index in [1.54, 1.807) is 7.11 Å². The minimum atomic E-state index is -3.37. The number of benzene rings is 1. The van der Waals surface area contributed by atoms with E-state index in [1.807, 2.05) is 45.0 Å². The topological polar surface area (TPSA) is 58.6 Å². The quantitative estimate of drug-likeness (QED) is 0.760. The van der Waals surface area contributed by atoms with Gasteiger partial charge in [-0.25, -0.2) is 0 Å². The lowest BCUT2D eigenvalue weighted by atomic mass is 10.1. The third kappa shape index (κ3) is 5.65. The molecular weight excluding hydrogens is 288 g/mol. The maximum Gasteiger partial charge on any atom is 0.279 e. The molecule has 0 bridgehead atoms. The zero-order valence-electron chi connectivity index (χ0n) is 13.3. The van der Waals surface area contributed by atoms with Crippen molar-refractivity contribution >= 4 is 10.2 Å². The van der Waals surface area contributed by atoms with Crippen molar-refractivity contribution in [3.63, 3.8) is 0 Å². The summed E-state index contributed by atoms with van der Waals surface area (Å²) < 4.78 is 33.5. The third-order valence-electron chi connectivity index (χ3n) is 3.42. The maximum absolute atomic E-state index is 12.1. The van der Waals surface area contributed by atoms with Crippen molar-refractivity contribution in [2.75, 3.05) is 20.2 Å². The molecule has 0 aliphatic heterocycles. The minimum absolute atomic E-state index is 0.0994. The van der Waals surface area contributed by atoms with Crippen LogP contribution in [0.2, 0.25) is 0 Å². The molecule has 1 aromatic carbocycles. The normalized spacial score (nSPS) is 13.4. The zero-order chi connectivity index (χ0) is 15.9. The molecule has 21 heavy (non-hydrogen) atoms. The first-order valence-electron chi connectivity index (χ1n) is 7.33. The fraction of sp³-hybridized carbons (Fsp3) is 0.600. The Bertz CT molecular complexity index is 510. The third-order valence-corrected chi connectivity index (χ3v) is 5.32. The highest BCUT2D eigenvalue weighted by Crippen LogP contribution is 2.13. The van der Waals surface area contributed by atoms with Crippen LogP contribution in [0.25, 0.3) is 0 Å². The summed E-state index contributed by atoms with van der Waals surface area (Å²) in [7, 11) is -1.74. The average molecular weight is 314 g/mol. The van der Waals surface area contributed by atoms with Crippen molar-refractivity contribution in [1.29, 1.82) is 0 Å². The van der Waals surface area contributed by atoms with Crippen molar-refractivity contribution in [3.8, 4) is 5.75 Å². The molecule has 0 aliphatic carbocycles. The molecule has 1 rings (SSSR count). The van der Waals surface area contributed by atoms with Crippen LogP contribution in [0, 0.1) is 0 Å². The standard InChI is InChI=1S/C15H26N2O3S/c1-5-17(6-2)21(18,19)16-13(3)7-8-14-9-11-15(20-4)12-10-14/h9-13,16H,5-8H2,1-4H3/t13-/m0/s1. The molecule has 0 unspecified atom stereocenters. The van der Waals surface area contributed by atoms with E-state index in [-0.39, 0.29) is 6.04 Å². The molecule has 0 aromatic heterocycles. The second-order valence-electron chi connectivity index (χ2n) is 4.99. The van der Waals surface area contributed by atoms with Gasteiger partial charge in [0.2, 0.25) is 0 Å². The van der Waals surface area contributed by atoms with Gasteiger partial charge in [0, 0.05) is 19.1 Å². The number of methoxy groups -OCH3 is 1. The van der Waals surface area contributed by atoms with Crippen LogP contribution in [0.15, 0.2) is 24.3 Å². The number of hydrogen-bond acceptors (Lipinski definition) is 3. The fourth-order valence-corrected chi connectivity index (χ4v) is 3.58. The Hall–Kier alpha value is -1.11. The predicted octanol–water partition coefficient (Wildman–Crippen LogP) is 2.19. The lowest BCUT2D eigenvalue weighted by Gasteiger charge is -2.22. The first-order chi connectivity index (χ1) is 9.92. The van der Waals surface area contributed by atoms with Gasteiger partial charge in [-0.3, -0.25) is 0 Å². The van der Waals surface area contributed by atoms with Gasteiger partial charge in [0.15, 0.2) is 0 Å². The highest BCUT2D eigenvalue weighted by molar-refractivity contribution is 7.87. The second-order valence-corrected chi connectivity index (χ2v) is 6.70. The van der Waals surface area contributed by atoms with Crippen LogP contribution in [0.4, 0.5) is 0 Å². The van der Waals surface area contributed by atoms with Gasteiger partial charge in [-0.2, -0.15) is 17.4 Å². The molecule has 1 aromatic rings. The average Bonchev–Trinajstić information content (AvgIpc) is 2.46. The van der Waals surface area contributed by atoms with Gasteiger partial charge in [0.05, 0.1) is 7.11 Å². The highest BCUT2D eigenvalue weighted by Gasteiger charge is 2.20. The van der Waals surface area contributed by atoms with Gasteiger partial charge >= 0.3 is 0 Å². The fourth-order valence-electron chi connectivity index (χ4n) is 2.13. The summed E-state index contributed by atoms with van der Waals surface area (Å²) >= 11 is 0. The molecule has 0 spiro atoms. The second kappa shape index (κ2) is 8.36. The molecular formula is C15H26N2O3S. The Labute approximate surface area is 128 Å². The van der Waals surface area contributed by atoms with E-state index >= 15 is 0 Å². The molecule has 120 valence electrons. The number of hydrogen-bond donors (Lipinski definition) is 1. The Morgan fingerprint density at radius 3 is 2.24 bits per heavy atom. The van der Waals surface area contributed by atoms with Crippen LogP contribution in [0.5, 0.6) is 5.75 Å². The summed E-state index contributed by atoms with van der Waals surface area (Å²) in [5.74, 6) is 0.828. The van der Waals surface area contributed by atoms with E-state index < -0.39 is 10.2 Å². The molecule has 5 nitrogen and oxygen atoms in total. The van der Waals surface area contributed by atoms with Gasteiger partial charge in [-0.1, -0.05) is 26.0 Å². The van der Waals surface area contributed by atoms with Crippen LogP contribution in [0.1, 0.15) is 32.8 Å². The molecule has 0 heterocycles. The van der Waals surface area contributed by atoms with Gasteiger partial charge < -0.3 is 4.74 Å². The minimum Gasteiger partial charge on any atom is -0.497 e. The molecule has 0 fully saturated rings. The highest BCUT2D eigenvalue weighted by atomic mass is 32.2. The largest absolute Gasteiger partial charge is 0.497 e. The van der Waals surface area contributed by atoms with E-state index in [9.17, 15) is 8.42 Å². The number of rotatable bonds is 9. The summed E-state index contributed by atoms with van der Waals surface area (Å²) in [6.07, 6.45) is 1.58. The molecule has 0 saturated heterocycles. The van der Waals surface area contributed by atoms with Gasteiger partial charge in [0.1, 0.15) is 5.75 Å². The number of aryl methyl sites for hydroxylation is 1. The summed E-state index contributed by atoms with van der Waals surface area (Å²) in [5, 5.41) is 0. The van der Waals surface area contributed by atoms with E-state index in [1.165, 1.54) is 9.87 Å². The first kappa shape index (κ1) is 17.9. The van der Waals surface area contributed by atoms with Gasteiger partial charge in [-0.05, 0) is 37.5 Å². The van der Waals surface area contributed by atoms with Crippen molar-refractivity contribution in [2.45, 2.75) is 39.7 Å². The van der Waals surface area contributed by atoms with E-state index in [0.717, 1.165) is 18.6 Å². The smallest absolute Gasteiger partial charge is 0.279 e. The number of nitrogens with zero attached hydrogens (tertiary/aromatic N) is 1. The van der Waals surface area contributed by atoms with E-state index in [4.69, 9.17) is 4.74 Å². The number of nitrogens with one attached hydrogen (secondary N) is 1. The van der Waals surface area contributed by atoms with Crippen LogP contribution >= 0.6 is 0 Å². The van der Waals surface area contributed by atoms with E-state index in [0.29, 0.717) is 13.1 Å². The molecule has 0 amide bonds. The number of ether oxygens (including phenoxy) is 1. The molecule has 0 saturated carbocycles. The monoisotopic (exact) mass is 314 g/mol. The maximum atomic E-state index is 12.1. The molecule has 0 radical (unpaired) electrons. The van der Waals surface area contributed by atoms with Crippen LogP contribution < -0.4 is 9.46 Å². The molecule has 6 heteroatoms. The van der Waals surface area contributed by atoms with Crippen molar-refractivity contribution in [2.24, 2.45) is 0 Å². The Kier molecular flexibility index (Phi) is 7.14. The summed E-state index contributed by atoms with van der Waals surface area (Å²) in [5.41, 5.74) is 1.17. The van der Waals surface area contributed by atoms with Crippen molar-refractivity contribution in [3.05, 3.63) is 29.8 Å². The Morgan fingerprint density at radius 1 is 1.19 bits per heavy atom. The van der Waals surface area contributed by atoms with Crippen molar-refractivity contribution in [1.82, 2.24) is 9.03 Å². The first-order valence-corrected chi connectivity index (χ1v) is 8.77. The van der Waals surface area contributed by atoms with Crippen molar-refractivity contribution < 1.29 is 13.2 Å². The molecule has 1 N–H and O–H groups in total. The van der Waals surface area contributed by atoms with Crippen LogP contribution in [-0.4, -0.2) is 39.0 Å².